The Morgan fingerprint density at radius 1 is 1.25 bits per heavy atom. The largest absolute Gasteiger partial charge is 0.465 e. The molecule has 0 amide bonds. The van der Waals surface area contributed by atoms with Crippen LogP contribution in [0.1, 0.15) is 33.6 Å². The van der Waals surface area contributed by atoms with Gasteiger partial charge in [-0.2, -0.15) is 0 Å². The van der Waals surface area contributed by atoms with Gasteiger partial charge in [-0.3, -0.25) is 14.6 Å². The van der Waals surface area contributed by atoms with E-state index in [9.17, 15) is 4.79 Å². The van der Waals surface area contributed by atoms with Crippen molar-refractivity contribution in [2.45, 2.75) is 51.7 Å². The van der Waals surface area contributed by atoms with Gasteiger partial charge in [-0.1, -0.05) is 0 Å². The summed E-state index contributed by atoms with van der Waals surface area (Å²) in [6, 6.07) is 0.983. The molecule has 1 heterocycles. The second-order valence-electron chi connectivity index (χ2n) is 6.18. The smallest absolute Gasteiger partial charge is 0.324 e. The lowest BCUT2D eigenvalue weighted by atomic mass is 10.2. The van der Waals surface area contributed by atoms with Crippen LogP contribution in [0.25, 0.3) is 0 Å². The van der Waals surface area contributed by atoms with Crippen molar-refractivity contribution in [3.05, 3.63) is 0 Å². The maximum Gasteiger partial charge on any atom is 0.324 e. The van der Waals surface area contributed by atoms with Crippen LogP contribution in [0.3, 0.4) is 0 Å². The molecule has 1 saturated carbocycles. The normalized spacial score (nSPS) is 23.0. The molecule has 1 aliphatic carbocycles. The van der Waals surface area contributed by atoms with Gasteiger partial charge in [0, 0.05) is 44.8 Å². The van der Waals surface area contributed by atoms with Crippen molar-refractivity contribution in [3.63, 3.8) is 0 Å². The molecule has 5 heteroatoms. The summed E-state index contributed by atoms with van der Waals surface area (Å²) < 4.78 is 5.20. The number of nitrogens with one attached hydrogen (secondary N) is 1. The number of hydrogen-bond donors (Lipinski definition) is 1. The van der Waals surface area contributed by atoms with Crippen molar-refractivity contribution in [2.75, 3.05) is 39.3 Å². The van der Waals surface area contributed by atoms with Crippen LogP contribution in [0.2, 0.25) is 0 Å². The third-order valence-corrected chi connectivity index (χ3v) is 4.16. The topological polar surface area (TPSA) is 44.8 Å². The van der Waals surface area contributed by atoms with Crippen LogP contribution >= 0.6 is 0 Å². The summed E-state index contributed by atoms with van der Waals surface area (Å²) in [5.74, 6) is -0.0920. The summed E-state index contributed by atoms with van der Waals surface area (Å²) >= 11 is 0. The Morgan fingerprint density at radius 3 is 2.40 bits per heavy atom. The second-order valence-corrected chi connectivity index (χ2v) is 6.18. The SMILES string of the molecule is CCOC(=O)C(CN1CCN(C(C)C)CC1)NC1CC1. The molecular weight excluding hydrogens is 254 g/mol. The highest BCUT2D eigenvalue weighted by Gasteiger charge is 2.31. The van der Waals surface area contributed by atoms with Gasteiger partial charge in [0.15, 0.2) is 0 Å². The molecule has 1 unspecified atom stereocenters. The zero-order valence-corrected chi connectivity index (χ0v) is 13.1. The Labute approximate surface area is 122 Å². The first-order valence-electron chi connectivity index (χ1n) is 7.99. The number of esters is 1. The Kier molecular flexibility index (Phi) is 5.81. The highest BCUT2D eigenvalue weighted by atomic mass is 16.5. The monoisotopic (exact) mass is 283 g/mol. The van der Waals surface area contributed by atoms with Crippen molar-refractivity contribution in [1.29, 1.82) is 0 Å². The van der Waals surface area contributed by atoms with E-state index in [1.165, 1.54) is 12.8 Å². The molecule has 0 spiro atoms. The third kappa shape index (κ3) is 4.72. The molecule has 1 aliphatic heterocycles. The lowest BCUT2D eigenvalue weighted by molar-refractivity contribution is -0.146. The maximum atomic E-state index is 12.0. The van der Waals surface area contributed by atoms with E-state index in [1.54, 1.807) is 0 Å². The van der Waals surface area contributed by atoms with Crippen LogP contribution in [0.4, 0.5) is 0 Å². The Morgan fingerprint density at radius 2 is 1.90 bits per heavy atom. The highest BCUT2D eigenvalue weighted by Crippen LogP contribution is 2.20. The van der Waals surface area contributed by atoms with E-state index in [0.29, 0.717) is 18.7 Å². The van der Waals surface area contributed by atoms with E-state index in [1.807, 2.05) is 6.92 Å². The van der Waals surface area contributed by atoms with Gasteiger partial charge in [0.2, 0.25) is 0 Å². The maximum absolute atomic E-state index is 12.0. The van der Waals surface area contributed by atoms with Crippen molar-refractivity contribution >= 4 is 5.97 Å². The first-order valence-corrected chi connectivity index (χ1v) is 7.99. The molecule has 0 aromatic heterocycles. The zero-order chi connectivity index (χ0) is 14.5. The number of carbonyl (C=O) groups is 1. The molecule has 20 heavy (non-hydrogen) atoms. The van der Waals surface area contributed by atoms with Gasteiger partial charge >= 0.3 is 5.97 Å². The molecule has 116 valence electrons. The minimum absolute atomic E-state index is 0.0920. The molecular formula is C15H29N3O2. The molecule has 0 radical (unpaired) electrons. The number of rotatable bonds is 7. The van der Waals surface area contributed by atoms with Crippen LogP contribution in [0.15, 0.2) is 0 Å². The average molecular weight is 283 g/mol. The summed E-state index contributed by atoms with van der Waals surface area (Å²) in [6.07, 6.45) is 2.38. The number of ether oxygens (including phenoxy) is 1. The van der Waals surface area contributed by atoms with Crippen LogP contribution in [-0.2, 0) is 9.53 Å². The lowest BCUT2D eigenvalue weighted by Crippen LogP contribution is -2.54. The fourth-order valence-electron chi connectivity index (χ4n) is 2.69. The molecule has 2 aliphatic rings. The fraction of sp³-hybridized carbons (Fsp3) is 0.933. The number of nitrogens with zero attached hydrogens (tertiary/aromatic N) is 2. The van der Waals surface area contributed by atoms with Crippen molar-refractivity contribution in [3.8, 4) is 0 Å². The Hall–Kier alpha value is -0.650. The molecule has 0 aromatic carbocycles. The predicted octanol–water partition coefficient (Wildman–Crippen LogP) is 0.696. The summed E-state index contributed by atoms with van der Waals surface area (Å²) in [6.45, 7) is 11.9. The van der Waals surface area contributed by atoms with Gasteiger partial charge in [-0.25, -0.2) is 0 Å². The van der Waals surface area contributed by atoms with E-state index in [-0.39, 0.29) is 12.0 Å². The Balaban J connectivity index is 1.80. The van der Waals surface area contributed by atoms with Gasteiger partial charge in [-0.05, 0) is 33.6 Å². The number of carbonyl (C=O) groups excluding carboxylic acids is 1. The summed E-state index contributed by atoms with van der Waals surface area (Å²) in [4.78, 5) is 16.9. The molecule has 1 N–H and O–H groups in total. The first kappa shape index (κ1) is 15.7. The fourth-order valence-corrected chi connectivity index (χ4v) is 2.69. The molecule has 5 nitrogen and oxygen atoms in total. The van der Waals surface area contributed by atoms with Crippen LogP contribution in [0.5, 0.6) is 0 Å². The van der Waals surface area contributed by atoms with E-state index in [4.69, 9.17) is 4.74 Å². The van der Waals surface area contributed by atoms with Gasteiger partial charge < -0.3 is 10.1 Å². The summed E-state index contributed by atoms with van der Waals surface area (Å²) in [7, 11) is 0. The summed E-state index contributed by atoms with van der Waals surface area (Å²) in [5, 5.41) is 3.43. The molecule has 0 aromatic rings. The standard InChI is InChI=1S/C15H29N3O2/c1-4-20-15(19)14(16-13-5-6-13)11-17-7-9-18(10-8-17)12(2)3/h12-14,16H,4-11H2,1-3H3. The second kappa shape index (κ2) is 7.38. The zero-order valence-electron chi connectivity index (χ0n) is 13.1. The first-order chi connectivity index (χ1) is 9.60. The number of piperazine rings is 1. The molecule has 2 fully saturated rings. The predicted molar refractivity (Wildman–Crippen MR) is 79.7 cm³/mol. The Bertz CT molecular complexity index is 310. The van der Waals surface area contributed by atoms with Crippen LogP contribution in [-0.4, -0.2) is 73.2 Å². The van der Waals surface area contributed by atoms with Gasteiger partial charge in [0.05, 0.1) is 6.61 Å². The molecule has 1 atom stereocenters. The quantitative estimate of drug-likeness (QED) is 0.697. The van der Waals surface area contributed by atoms with Crippen molar-refractivity contribution in [1.82, 2.24) is 15.1 Å². The highest BCUT2D eigenvalue weighted by molar-refractivity contribution is 5.76. The minimum atomic E-state index is -0.159. The van der Waals surface area contributed by atoms with E-state index >= 15 is 0 Å². The van der Waals surface area contributed by atoms with Crippen molar-refractivity contribution in [2.24, 2.45) is 0 Å². The van der Waals surface area contributed by atoms with Gasteiger partial charge in [-0.15, -0.1) is 0 Å². The van der Waals surface area contributed by atoms with E-state index in [0.717, 1.165) is 32.7 Å². The van der Waals surface area contributed by atoms with Crippen LogP contribution < -0.4 is 5.32 Å². The van der Waals surface area contributed by atoms with Gasteiger partial charge in [0.1, 0.15) is 6.04 Å². The average Bonchev–Trinajstić information content (AvgIpc) is 3.23. The lowest BCUT2D eigenvalue weighted by Gasteiger charge is -2.38. The number of hydrogen-bond acceptors (Lipinski definition) is 5. The van der Waals surface area contributed by atoms with E-state index in [2.05, 4.69) is 29.0 Å². The van der Waals surface area contributed by atoms with Gasteiger partial charge in [0.25, 0.3) is 0 Å². The molecule has 0 bridgehead atoms. The molecule has 1 saturated heterocycles. The molecule has 2 rings (SSSR count). The van der Waals surface area contributed by atoms with Crippen molar-refractivity contribution < 1.29 is 9.53 Å². The minimum Gasteiger partial charge on any atom is -0.465 e. The summed E-state index contributed by atoms with van der Waals surface area (Å²) in [5.41, 5.74) is 0. The van der Waals surface area contributed by atoms with Crippen LogP contribution in [0, 0.1) is 0 Å². The third-order valence-electron chi connectivity index (χ3n) is 4.16. The van der Waals surface area contributed by atoms with E-state index < -0.39 is 0 Å².